The van der Waals surface area contributed by atoms with E-state index in [1.807, 2.05) is 0 Å². The Labute approximate surface area is 83.3 Å². The van der Waals surface area contributed by atoms with E-state index in [1.165, 1.54) is 26.0 Å². The Morgan fingerprint density at radius 2 is 1.71 bits per heavy atom. The average molecular weight is 224 g/mol. The number of hydrogen-bond acceptors (Lipinski definition) is 1. The first-order valence-electron chi connectivity index (χ1n) is 3.82. The molecule has 0 saturated carbocycles. The average Bonchev–Trinajstić information content (AvgIpc) is 2.04. The van der Waals surface area contributed by atoms with E-state index < -0.39 is 11.3 Å². The normalized spacial score (nSPS) is 11.9. The Balaban J connectivity index is 3.13. The summed E-state index contributed by atoms with van der Waals surface area (Å²) in [5.41, 5.74) is -3.89. The van der Waals surface area contributed by atoms with Gasteiger partial charge in [0, 0.05) is 4.90 Å². The summed E-state index contributed by atoms with van der Waals surface area (Å²) in [6.07, 6.45) is 0. The summed E-state index contributed by atoms with van der Waals surface area (Å²) >= 11 is -0.272. The monoisotopic (exact) mass is 224 g/mol. The van der Waals surface area contributed by atoms with Gasteiger partial charge in [0.25, 0.3) is 0 Å². The Morgan fingerprint density at radius 1 is 1.14 bits per heavy atom. The van der Waals surface area contributed by atoms with Crippen LogP contribution in [0.4, 0.5) is 17.6 Å². The summed E-state index contributed by atoms with van der Waals surface area (Å²) in [7, 11) is 0. The van der Waals surface area contributed by atoms with Gasteiger partial charge in [0.15, 0.2) is 0 Å². The van der Waals surface area contributed by atoms with E-state index in [0.29, 0.717) is 5.56 Å². The minimum atomic E-state index is -4.37. The smallest absolute Gasteiger partial charge is 0.207 e. The van der Waals surface area contributed by atoms with E-state index in [2.05, 4.69) is 0 Å². The zero-order valence-corrected chi connectivity index (χ0v) is 8.39. The van der Waals surface area contributed by atoms with Crippen LogP contribution < -0.4 is 0 Å². The largest absolute Gasteiger partial charge is 0.446 e. The molecule has 0 radical (unpaired) electrons. The highest BCUT2D eigenvalue weighted by molar-refractivity contribution is 8.00. The third-order valence-corrected chi connectivity index (χ3v) is 2.82. The first-order valence-corrected chi connectivity index (χ1v) is 4.64. The molecule has 14 heavy (non-hydrogen) atoms. The van der Waals surface area contributed by atoms with Gasteiger partial charge in [0.05, 0.1) is 0 Å². The first-order chi connectivity index (χ1) is 6.31. The van der Waals surface area contributed by atoms with Crippen LogP contribution in [0.3, 0.4) is 0 Å². The van der Waals surface area contributed by atoms with E-state index in [9.17, 15) is 17.6 Å². The third-order valence-electron chi connectivity index (χ3n) is 1.75. The van der Waals surface area contributed by atoms with E-state index in [0.717, 1.165) is 0 Å². The Bertz CT molecular complexity index is 343. The fraction of sp³-hybridized carbons (Fsp3) is 0.333. The van der Waals surface area contributed by atoms with Gasteiger partial charge >= 0.3 is 5.51 Å². The molecule has 0 aliphatic carbocycles. The van der Waals surface area contributed by atoms with Crippen LogP contribution in [0.1, 0.15) is 11.1 Å². The maximum absolute atomic E-state index is 13.0. The Kier molecular flexibility index (Phi) is 3.09. The van der Waals surface area contributed by atoms with Crippen molar-refractivity contribution in [3.8, 4) is 0 Å². The molecule has 0 spiro atoms. The van der Waals surface area contributed by atoms with Crippen LogP contribution in [-0.4, -0.2) is 5.51 Å². The van der Waals surface area contributed by atoms with Crippen molar-refractivity contribution < 1.29 is 17.6 Å². The van der Waals surface area contributed by atoms with E-state index in [-0.39, 0.29) is 22.2 Å². The lowest BCUT2D eigenvalue weighted by Gasteiger charge is -2.11. The molecular weight excluding hydrogens is 216 g/mol. The maximum atomic E-state index is 13.0. The quantitative estimate of drug-likeness (QED) is 0.512. The molecule has 1 aromatic rings. The van der Waals surface area contributed by atoms with Crippen molar-refractivity contribution in [2.75, 3.05) is 0 Å². The van der Waals surface area contributed by atoms with Gasteiger partial charge in [-0.3, -0.25) is 0 Å². The lowest BCUT2D eigenvalue weighted by molar-refractivity contribution is -0.0328. The molecule has 0 aliphatic rings. The van der Waals surface area contributed by atoms with Gasteiger partial charge in [0.1, 0.15) is 5.82 Å². The van der Waals surface area contributed by atoms with Gasteiger partial charge < -0.3 is 0 Å². The second-order valence-electron chi connectivity index (χ2n) is 2.87. The Morgan fingerprint density at radius 3 is 2.21 bits per heavy atom. The highest BCUT2D eigenvalue weighted by atomic mass is 32.2. The molecule has 0 aromatic heterocycles. The zero-order chi connectivity index (χ0) is 10.9. The predicted molar refractivity (Wildman–Crippen MR) is 47.8 cm³/mol. The summed E-state index contributed by atoms with van der Waals surface area (Å²) in [6, 6.07) is 2.52. The number of hydrogen-bond donors (Lipinski definition) is 0. The lowest BCUT2D eigenvalue weighted by Crippen LogP contribution is -2.02. The number of aryl methyl sites for hydroxylation is 1. The summed E-state index contributed by atoms with van der Waals surface area (Å²) in [5.74, 6) is -0.609. The van der Waals surface area contributed by atoms with Crippen molar-refractivity contribution in [2.45, 2.75) is 24.3 Å². The number of benzene rings is 1. The molecule has 0 bridgehead atoms. The highest BCUT2D eigenvalue weighted by Crippen LogP contribution is 2.40. The second-order valence-corrected chi connectivity index (χ2v) is 3.94. The van der Waals surface area contributed by atoms with Gasteiger partial charge in [-0.1, -0.05) is 6.07 Å². The fourth-order valence-electron chi connectivity index (χ4n) is 1.08. The maximum Gasteiger partial charge on any atom is 0.446 e. The summed E-state index contributed by atoms with van der Waals surface area (Å²) in [4.78, 5) is -0.0440. The van der Waals surface area contributed by atoms with Gasteiger partial charge in [-0.15, -0.1) is 0 Å². The molecule has 1 aromatic carbocycles. The van der Waals surface area contributed by atoms with Crippen LogP contribution in [0.25, 0.3) is 0 Å². The minimum absolute atomic E-state index is 0.0440. The molecule has 1 rings (SSSR count). The fourth-order valence-corrected chi connectivity index (χ4v) is 1.79. The third kappa shape index (κ3) is 2.64. The van der Waals surface area contributed by atoms with Gasteiger partial charge in [-0.05, 0) is 42.8 Å². The van der Waals surface area contributed by atoms with Crippen molar-refractivity contribution >= 4 is 11.8 Å². The molecule has 78 valence electrons. The van der Waals surface area contributed by atoms with Crippen LogP contribution in [0, 0.1) is 19.7 Å². The van der Waals surface area contributed by atoms with E-state index >= 15 is 0 Å². The molecular formula is C9H8F4S. The molecule has 5 heteroatoms. The SMILES string of the molecule is Cc1ccc(F)c(C)c1SC(F)(F)F. The van der Waals surface area contributed by atoms with Crippen LogP contribution in [0.5, 0.6) is 0 Å². The van der Waals surface area contributed by atoms with Crippen molar-refractivity contribution in [3.63, 3.8) is 0 Å². The first kappa shape index (κ1) is 11.4. The number of thioether (sulfide) groups is 1. The van der Waals surface area contributed by atoms with Crippen LogP contribution >= 0.6 is 11.8 Å². The van der Waals surface area contributed by atoms with Crippen LogP contribution in [0.15, 0.2) is 17.0 Å². The molecule has 0 amide bonds. The Hall–Kier alpha value is -0.710. The molecule has 0 N–H and O–H groups in total. The van der Waals surface area contributed by atoms with E-state index in [1.54, 1.807) is 0 Å². The topological polar surface area (TPSA) is 0 Å². The number of halogens is 4. The lowest BCUT2D eigenvalue weighted by atomic mass is 10.1. The van der Waals surface area contributed by atoms with Crippen molar-refractivity contribution in [1.29, 1.82) is 0 Å². The van der Waals surface area contributed by atoms with Crippen molar-refractivity contribution in [3.05, 3.63) is 29.1 Å². The van der Waals surface area contributed by atoms with Crippen LogP contribution in [-0.2, 0) is 0 Å². The van der Waals surface area contributed by atoms with E-state index in [4.69, 9.17) is 0 Å². The van der Waals surface area contributed by atoms with Gasteiger partial charge in [0.2, 0.25) is 0 Å². The summed E-state index contributed by atoms with van der Waals surface area (Å²) < 4.78 is 49.2. The molecule has 0 heterocycles. The number of rotatable bonds is 1. The molecule has 0 nitrogen and oxygen atoms in total. The zero-order valence-electron chi connectivity index (χ0n) is 7.57. The van der Waals surface area contributed by atoms with Gasteiger partial charge in [-0.25, -0.2) is 4.39 Å². The van der Waals surface area contributed by atoms with Crippen molar-refractivity contribution in [1.82, 2.24) is 0 Å². The van der Waals surface area contributed by atoms with Crippen molar-refractivity contribution in [2.24, 2.45) is 0 Å². The standard InChI is InChI=1S/C9H8F4S/c1-5-3-4-7(10)6(2)8(5)14-9(11,12)13/h3-4H,1-2H3. The molecule has 0 fully saturated rings. The molecule has 0 atom stereocenters. The van der Waals surface area contributed by atoms with Crippen LogP contribution in [0.2, 0.25) is 0 Å². The predicted octanol–water partition coefficient (Wildman–Crippen LogP) is 4.05. The molecule has 0 saturated heterocycles. The highest BCUT2D eigenvalue weighted by Gasteiger charge is 2.31. The number of alkyl halides is 3. The minimum Gasteiger partial charge on any atom is -0.207 e. The summed E-state index contributed by atoms with van der Waals surface area (Å²) in [6.45, 7) is 2.87. The molecule has 0 unspecified atom stereocenters. The second kappa shape index (κ2) is 3.81. The molecule has 0 aliphatic heterocycles. The summed E-state index contributed by atoms with van der Waals surface area (Å²) in [5, 5.41) is 0. The van der Waals surface area contributed by atoms with Gasteiger partial charge in [-0.2, -0.15) is 13.2 Å².